The molecule has 1 aliphatic rings. The van der Waals surface area contributed by atoms with Gasteiger partial charge in [0.25, 0.3) is 5.91 Å². The summed E-state index contributed by atoms with van der Waals surface area (Å²) in [6, 6.07) is 4.25. The molecule has 9 heteroatoms. The van der Waals surface area contributed by atoms with E-state index >= 15 is 0 Å². The molecular weight excluding hydrogens is 388 g/mol. The van der Waals surface area contributed by atoms with Gasteiger partial charge in [0.2, 0.25) is 0 Å². The first-order valence-electron chi connectivity index (χ1n) is 9.91. The molecular formula is C20H26N6O2S. The van der Waals surface area contributed by atoms with E-state index in [2.05, 4.69) is 41.0 Å². The number of nitrogens with zero attached hydrogens (tertiary/aromatic N) is 6. The topological polar surface area (TPSA) is 76.4 Å². The van der Waals surface area contributed by atoms with Crippen molar-refractivity contribution in [2.75, 3.05) is 44.3 Å². The summed E-state index contributed by atoms with van der Waals surface area (Å²) in [4.78, 5) is 26.0. The summed E-state index contributed by atoms with van der Waals surface area (Å²) >= 11 is 1.57. The predicted molar refractivity (Wildman–Crippen MR) is 113 cm³/mol. The van der Waals surface area contributed by atoms with Crippen LogP contribution in [-0.4, -0.2) is 69.9 Å². The van der Waals surface area contributed by atoms with Crippen LogP contribution in [0.1, 0.15) is 17.5 Å². The van der Waals surface area contributed by atoms with Crippen LogP contribution >= 0.6 is 11.3 Å². The van der Waals surface area contributed by atoms with Gasteiger partial charge in [0.1, 0.15) is 19.2 Å². The number of morpholine rings is 1. The second-order valence-electron chi connectivity index (χ2n) is 7.35. The number of fused-ring (bicyclic) bond motifs is 1. The molecule has 8 nitrogen and oxygen atoms in total. The Morgan fingerprint density at radius 1 is 1.24 bits per heavy atom. The van der Waals surface area contributed by atoms with Gasteiger partial charge in [-0.05, 0) is 43.5 Å². The number of anilines is 1. The first-order valence-corrected chi connectivity index (χ1v) is 10.7. The third-order valence-electron chi connectivity index (χ3n) is 5.25. The minimum absolute atomic E-state index is 0.0232. The maximum atomic E-state index is 13.1. The van der Waals surface area contributed by atoms with Crippen molar-refractivity contribution in [2.24, 2.45) is 0 Å². The van der Waals surface area contributed by atoms with Gasteiger partial charge in [-0.25, -0.2) is 14.6 Å². The van der Waals surface area contributed by atoms with Crippen LogP contribution in [0.4, 0.5) is 5.13 Å². The number of carbonyl (C=O) groups excluding carboxylic acids is 1. The van der Waals surface area contributed by atoms with Crippen LogP contribution in [0.3, 0.4) is 0 Å². The Kier molecular flexibility index (Phi) is 6.17. The fourth-order valence-corrected chi connectivity index (χ4v) is 4.51. The fourth-order valence-electron chi connectivity index (χ4n) is 3.43. The SMILES string of the molecule is Cc1cc2nc(N(CCCN3CCOCC3)C(=O)Cn3cncn3)sc2cc1C. The van der Waals surface area contributed by atoms with E-state index in [9.17, 15) is 4.79 Å². The molecule has 154 valence electrons. The van der Waals surface area contributed by atoms with Crippen LogP contribution in [0.5, 0.6) is 0 Å². The Balaban J connectivity index is 1.52. The van der Waals surface area contributed by atoms with Crippen LogP contribution in [0.15, 0.2) is 24.8 Å². The summed E-state index contributed by atoms with van der Waals surface area (Å²) in [5, 5.41) is 4.82. The van der Waals surface area contributed by atoms with Gasteiger partial charge in [0.05, 0.1) is 23.4 Å². The highest BCUT2D eigenvalue weighted by Gasteiger charge is 2.21. The molecule has 0 atom stereocenters. The lowest BCUT2D eigenvalue weighted by Gasteiger charge is -2.27. The van der Waals surface area contributed by atoms with Crippen LogP contribution in [0.2, 0.25) is 0 Å². The lowest BCUT2D eigenvalue weighted by atomic mass is 10.1. The standard InChI is InChI=1S/C20H26N6O2S/c1-15-10-17-18(11-16(15)2)29-20(23-17)26(19(27)12-25-14-21-13-22-25)5-3-4-24-6-8-28-9-7-24/h10-11,13-14H,3-9,12H2,1-2H3. The van der Waals surface area contributed by atoms with E-state index in [0.717, 1.165) is 54.6 Å². The molecule has 1 fully saturated rings. The fraction of sp³-hybridized carbons (Fsp3) is 0.500. The molecule has 0 unspecified atom stereocenters. The van der Waals surface area contributed by atoms with Gasteiger partial charge < -0.3 is 4.74 Å². The predicted octanol–water partition coefficient (Wildman–Crippen LogP) is 2.26. The molecule has 0 radical (unpaired) electrons. The maximum Gasteiger partial charge on any atom is 0.250 e. The summed E-state index contributed by atoms with van der Waals surface area (Å²) in [5.74, 6) is -0.0232. The third kappa shape index (κ3) is 4.80. The molecule has 0 aliphatic carbocycles. The minimum Gasteiger partial charge on any atom is -0.379 e. The van der Waals surface area contributed by atoms with Gasteiger partial charge in [0, 0.05) is 26.2 Å². The number of thiazole rings is 1. The molecule has 29 heavy (non-hydrogen) atoms. The Morgan fingerprint density at radius 3 is 2.79 bits per heavy atom. The van der Waals surface area contributed by atoms with Crippen molar-refractivity contribution in [1.82, 2.24) is 24.6 Å². The number of hydrogen-bond acceptors (Lipinski definition) is 7. The van der Waals surface area contributed by atoms with Gasteiger partial charge in [-0.1, -0.05) is 11.3 Å². The van der Waals surface area contributed by atoms with Crippen molar-refractivity contribution in [3.05, 3.63) is 35.9 Å². The van der Waals surface area contributed by atoms with Gasteiger partial charge in [-0.15, -0.1) is 0 Å². The maximum absolute atomic E-state index is 13.1. The summed E-state index contributed by atoms with van der Waals surface area (Å²) in [7, 11) is 0. The van der Waals surface area contributed by atoms with Crippen molar-refractivity contribution < 1.29 is 9.53 Å². The zero-order valence-corrected chi connectivity index (χ0v) is 17.7. The molecule has 1 aliphatic heterocycles. The largest absolute Gasteiger partial charge is 0.379 e. The van der Waals surface area contributed by atoms with E-state index in [4.69, 9.17) is 9.72 Å². The van der Waals surface area contributed by atoms with Crippen LogP contribution < -0.4 is 4.90 Å². The molecule has 3 aromatic rings. The summed E-state index contributed by atoms with van der Waals surface area (Å²) in [6.07, 6.45) is 3.89. The zero-order valence-electron chi connectivity index (χ0n) is 16.9. The normalized spacial score (nSPS) is 15.1. The van der Waals surface area contributed by atoms with E-state index in [0.29, 0.717) is 6.54 Å². The van der Waals surface area contributed by atoms with E-state index < -0.39 is 0 Å². The number of aromatic nitrogens is 4. The number of hydrogen-bond donors (Lipinski definition) is 0. The molecule has 0 bridgehead atoms. The van der Waals surface area contributed by atoms with E-state index in [1.54, 1.807) is 27.2 Å². The number of ether oxygens (including phenoxy) is 1. The van der Waals surface area contributed by atoms with Crippen molar-refractivity contribution in [1.29, 1.82) is 0 Å². The van der Waals surface area contributed by atoms with E-state index in [-0.39, 0.29) is 12.5 Å². The molecule has 0 N–H and O–H groups in total. The second kappa shape index (κ2) is 8.98. The lowest BCUT2D eigenvalue weighted by Crippen LogP contribution is -2.40. The third-order valence-corrected chi connectivity index (χ3v) is 6.29. The minimum atomic E-state index is -0.0232. The molecule has 0 saturated carbocycles. The zero-order chi connectivity index (χ0) is 20.2. The highest BCUT2D eigenvalue weighted by molar-refractivity contribution is 7.22. The second-order valence-corrected chi connectivity index (χ2v) is 8.36. The van der Waals surface area contributed by atoms with E-state index in [1.165, 1.54) is 17.5 Å². The average molecular weight is 415 g/mol. The Hall–Kier alpha value is -2.36. The molecule has 3 heterocycles. The van der Waals surface area contributed by atoms with Crippen LogP contribution in [0, 0.1) is 13.8 Å². The van der Waals surface area contributed by atoms with Gasteiger partial charge in [-0.3, -0.25) is 14.6 Å². The van der Waals surface area contributed by atoms with Crippen LogP contribution in [0.25, 0.3) is 10.2 Å². The van der Waals surface area contributed by atoms with Crippen molar-refractivity contribution >= 4 is 32.6 Å². The molecule has 1 amide bonds. The first kappa shape index (κ1) is 19.9. The summed E-state index contributed by atoms with van der Waals surface area (Å²) < 4.78 is 8.08. The highest BCUT2D eigenvalue weighted by atomic mass is 32.1. The Bertz CT molecular complexity index is 926. The molecule has 0 spiro atoms. The number of carbonyl (C=O) groups is 1. The van der Waals surface area contributed by atoms with E-state index in [1.807, 2.05) is 0 Å². The van der Waals surface area contributed by atoms with Gasteiger partial charge >= 0.3 is 0 Å². The van der Waals surface area contributed by atoms with Gasteiger partial charge in [-0.2, -0.15) is 5.10 Å². The molecule has 4 rings (SSSR count). The number of amides is 1. The molecule has 2 aromatic heterocycles. The van der Waals surface area contributed by atoms with Crippen molar-refractivity contribution in [3.63, 3.8) is 0 Å². The first-order chi connectivity index (χ1) is 14.1. The molecule has 1 aromatic carbocycles. The Morgan fingerprint density at radius 2 is 2.03 bits per heavy atom. The number of rotatable bonds is 7. The van der Waals surface area contributed by atoms with Crippen LogP contribution in [-0.2, 0) is 16.1 Å². The van der Waals surface area contributed by atoms with Crippen molar-refractivity contribution in [3.8, 4) is 0 Å². The van der Waals surface area contributed by atoms with Crippen molar-refractivity contribution in [2.45, 2.75) is 26.8 Å². The molecule has 1 saturated heterocycles. The quantitative estimate of drug-likeness (QED) is 0.590. The lowest BCUT2D eigenvalue weighted by molar-refractivity contribution is -0.119. The monoisotopic (exact) mass is 414 g/mol. The number of benzene rings is 1. The Labute approximate surface area is 174 Å². The summed E-state index contributed by atoms with van der Waals surface area (Å²) in [6.45, 7) is 9.39. The average Bonchev–Trinajstić information content (AvgIpc) is 3.36. The van der Waals surface area contributed by atoms with Gasteiger partial charge in [0.15, 0.2) is 5.13 Å². The smallest absolute Gasteiger partial charge is 0.250 e. The summed E-state index contributed by atoms with van der Waals surface area (Å²) in [5.41, 5.74) is 3.39. The highest BCUT2D eigenvalue weighted by Crippen LogP contribution is 2.31. The number of aryl methyl sites for hydroxylation is 2.